The van der Waals surface area contributed by atoms with Gasteiger partial charge in [0, 0.05) is 12.8 Å². The number of hydrogen-bond acceptors (Lipinski definition) is 2. The van der Waals surface area contributed by atoms with Gasteiger partial charge in [0.1, 0.15) is 5.78 Å². The molecule has 2 nitrogen and oxygen atoms in total. The monoisotopic (exact) mass is 421 g/mol. The first-order valence-electron chi connectivity index (χ1n) is 13.6. The molecule has 1 unspecified atom stereocenters. The molecule has 0 saturated heterocycles. The van der Waals surface area contributed by atoms with E-state index < -0.39 is 0 Å². The fourth-order valence-electron chi connectivity index (χ4n) is 4.27. The zero-order valence-electron chi connectivity index (χ0n) is 21.0. The van der Waals surface area contributed by atoms with Crippen molar-refractivity contribution >= 4 is 5.78 Å². The zero-order chi connectivity index (χ0) is 22.1. The van der Waals surface area contributed by atoms with E-state index in [0.717, 1.165) is 32.4 Å². The van der Waals surface area contributed by atoms with Crippen LogP contribution in [0.1, 0.15) is 143 Å². The maximum atomic E-state index is 12.2. The minimum Gasteiger partial charge on any atom is -0.317 e. The highest BCUT2D eigenvalue weighted by atomic mass is 16.1. The number of Topliss-reactive ketones (excluding diaryl/α,β-unsaturated/α-hetero) is 1. The predicted molar refractivity (Wildman–Crippen MR) is 135 cm³/mol. The third-order valence-electron chi connectivity index (χ3n) is 6.15. The van der Waals surface area contributed by atoms with Crippen molar-refractivity contribution in [3.63, 3.8) is 0 Å². The summed E-state index contributed by atoms with van der Waals surface area (Å²) in [5, 5.41) is 3.31. The fourth-order valence-corrected chi connectivity index (χ4v) is 4.27. The molecular formula is C28H55NO. The van der Waals surface area contributed by atoms with Crippen LogP contribution in [0.5, 0.6) is 0 Å². The normalized spacial score (nSPS) is 12.6. The standard InChI is InChI=1S/C28H55NO/c1-4-7-8-9-10-11-12-13-14-15-16-17-18-19-20-23-27(22-5-2)26-28(30)24-21-25-29-6-3/h13-14,27,29H,4-12,15-26H2,1-3H3/b14-13-. The first-order valence-corrected chi connectivity index (χ1v) is 13.6. The van der Waals surface area contributed by atoms with Gasteiger partial charge in [0.05, 0.1) is 0 Å². The van der Waals surface area contributed by atoms with E-state index in [1.54, 1.807) is 0 Å². The Labute approximate surface area is 190 Å². The zero-order valence-corrected chi connectivity index (χ0v) is 21.0. The van der Waals surface area contributed by atoms with Crippen LogP contribution in [-0.2, 0) is 4.79 Å². The number of nitrogens with one attached hydrogen (secondary N) is 1. The molecule has 0 spiro atoms. The number of carbonyl (C=O) groups is 1. The minimum atomic E-state index is 0.485. The highest BCUT2D eigenvalue weighted by Gasteiger charge is 2.12. The second-order valence-corrected chi connectivity index (χ2v) is 9.23. The number of carbonyl (C=O) groups excluding carboxylic acids is 1. The van der Waals surface area contributed by atoms with Crippen molar-refractivity contribution in [3.05, 3.63) is 12.2 Å². The van der Waals surface area contributed by atoms with Gasteiger partial charge in [-0.1, -0.05) is 110 Å². The smallest absolute Gasteiger partial charge is 0.133 e. The Kier molecular flexibility index (Phi) is 24.1. The lowest BCUT2D eigenvalue weighted by Crippen LogP contribution is -2.16. The van der Waals surface area contributed by atoms with E-state index in [4.69, 9.17) is 0 Å². The van der Waals surface area contributed by atoms with Gasteiger partial charge in [-0.3, -0.25) is 4.79 Å². The van der Waals surface area contributed by atoms with Gasteiger partial charge in [0.15, 0.2) is 0 Å². The Morgan fingerprint density at radius 2 is 1.30 bits per heavy atom. The first kappa shape index (κ1) is 29.4. The van der Waals surface area contributed by atoms with Crippen LogP contribution in [0.25, 0.3) is 0 Å². The van der Waals surface area contributed by atoms with Crippen molar-refractivity contribution in [1.82, 2.24) is 5.32 Å². The minimum absolute atomic E-state index is 0.485. The molecular weight excluding hydrogens is 366 g/mol. The van der Waals surface area contributed by atoms with Crippen molar-refractivity contribution < 1.29 is 4.79 Å². The van der Waals surface area contributed by atoms with Crippen LogP contribution in [0.15, 0.2) is 12.2 Å². The summed E-state index contributed by atoms with van der Waals surface area (Å²) in [4.78, 5) is 12.2. The third-order valence-corrected chi connectivity index (χ3v) is 6.15. The Morgan fingerprint density at radius 3 is 1.90 bits per heavy atom. The lowest BCUT2D eigenvalue weighted by molar-refractivity contribution is -0.120. The lowest BCUT2D eigenvalue weighted by atomic mass is 9.90. The Hall–Kier alpha value is -0.630. The molecule has 0 aliphatic rings. The molecule has 178 valence electrons. The number of rotatable bonds is 24. The van der Waals surface area contributed by atoms with Gasteiger partial charge in [-0.2, -0.15) is 0 Å². The van der Waals surface area contributed by atoms with E-state index in [0.29, 0.717) is 11.7 Å². The van der Waals surface area contributed by atoms with Crippen molar-refractivity contribution in [2.24, 2.45) is 5.92 Å². The van der Waals surface area contributed by atoms with Gasteiger partial charge in [-0.15, -0.1) is 0 Å². The van der Waals surface area contributed by atoms with Crippen molar-refractivity contribution in [2.45, 2.75) is 143 Å². The number of unbranched alkanes of at least 4 members (excludes halogenated alkanes) is 11. The predicted octanol–water partition coefficient (Wildman–Crippen LogP) is 8.79. The number of hydrogen-bond donors (Lipinski definition) is 1. The molecule has 0 rings (SSSR count). The fraction of sp³-hybridized carbons (Fsp3) is 0.893. The van der Waals surface area contributed by atoms with Crippen LogP contribution >= 0.6 is 0 Å². The summed E-state index contributed by atoms with van der Waals surface area (Å²) in [7, 11) is 0. The quantitative estimate of drug-likeness (QED) is 0.125. The van der Waals surface area contributed by atoms with Crippen LogP contribution in [-0.4, -0.2) is 18.9 Å². The molecule has 0 heterocycles. The largest absolute Gasteiger partial charge is 0.317 e. The lowest BCUT2D eigenvalue weighted by Gasteiger charge is -2.15. The van der Waals surface area contributed by atoms with Gasteiger partial charge >= 0.3 is 0 Å². The summed E-state index contributed by atoms with van der Waals surface area (Å²) in [5.41, 5.74) is 0. The van der Waals surface area contributed by atoms with Crippen molar-refractivity contribution in [3.8, 4) is 0 Å². The maximum Gasteiger partial charge on any atom is 0.133 e. The summed E-state index contributed by atoms with van der Waals surface area (Å²) in [6.45, 7) is 8.64. The summed E-state index contributed by atoms with van der Waals surface area (Å²) >= 11 is 0. The van der Waals surface area contributed by atoms with E-state index in [1.165, 1.54) is 103 Å². The summed E-state index contributed by atoms with van der Waals surface area (Å²) in [5.74, 6) is 1.12. The van der Waals surface area contributed by atoms with Gasteiger partial charge < -0.3 is 5.32 Å². The molecule has 0 aromatic carbocycles. The molecule has 1 atom stereocenters. The molecule has 0 aromatic heterocycles. The molecule has 0 aromatic rings. The average Bonchev–Trinajstić information content (AvgIpc) is 2.74. The topological polar surface area (TPSA) is 29.1 Å². The SMILES string of the molecule is CCCCCCCC/C=C\CCCCCCCC(CCC)CC(=O)CCCNCC. The summed E-state index contributed by atoms with van der Waals surface area (Å²) in [6.07, 6.45) is 28.7. The van der Waals surface area contributed by atoms with Crippen LogP contribution < -0.4 is 5.32 Å². The Morgan fingerprint density at radius 1 is 0.700 bits per heavy atom. The van der Waals surface area contributed by atoms with E-state index in [1.807, 2.05) is 0 Å². The Balaban J connectivity index is 3.55. The van der Waals surface area contributed by atoms with E-state index in [9.17, 15) is 4.79 Å². The molecule has 0 bridgehead atoms. The average molecular weight is 422 g/mol. The second-order valence-electron chi connectivity index (χ2n) is 9.23. The molecule has 30 heavy (non-hydrogen) atoms. The van der Waals surface area contributed by atoms with E-state index >= 15 is 0 Å². The van der Waals surface area contributed by atoms with E-state index in [2.05, 4.69) is 38.2 Å². The second kappa shape index (κ2) is 24.6. The van der Waals surface area contributed by atoms with Gasteiger partial charge in [0.2, 0.25) is 0 Å². The third kappa shape index (κ3) is 22.1. The molecule has 1 N–H and O–H groups in total. The first-order chi connectivity index (χ1) is 14.7. The molecule has 0 aliphatic carbocycles. The number of ketones is 1. The summed E-state index contributed by atoms with van der Waals surface area (Å²) in [6, 6.07) is 0. The molecule has 0 radical (unpaired) electrons. The van der Waals surface area contributed by atoms with Crippen molar-refractivity contribution in [1.29, 1.82) is 0 Å². The van der Waals surface area contributed by atoms with Crippen LogP contribution in [0.2, 0.25) is 0 Å². The maximum absolute atomic E-state index is 12.2. The molecule has 0 aliphatic heterocycles. The molecule has 0 fully saturated rings. The highest BCUT2D eigenvalue weighted by Crippen LogP contribution is 2.21. The van der Waals surface area contributed by atoms with E-state index in [-0.39, 0.29) is 0 Å². The van der Waals surface area contributed by atoms with Crippen molar-refractivity contribution in [2.75, 3.05) is 13.1 Å². The van der Waals surface area contributed by atoms with Gasteiger partial charge in [-0.25, -0.2) is 0 Å². The van der Waals surface area contributed by atoms with Crippen LogP contribution in [0, 0.1) is 5.92 Å². The van der Waals surface area contributed by atoms with Crippen LogP contribution in [0.3, 0.4) is 0 Å². The van der Waals surface area contributed by atoms with Crippen LogP contribution in [0.4, 0.5) is 0 Å². The molecule has 0 saturated carbocycles. The number of allylic oxidation sites excluding steroid dienone is 2. The van der Waals surface area contributed by atoms with Gasteiger partial charge in [-0.05, 0) is 51.1 Å². The molecule has 0 amide bonds. The highest BCUT2D eigenvalue weighted by molar-refractivity contribution is 5.78. The Bertz CT molecular complexity index is 377. The van der Waals surface area contributed by atoms with Gasteiger partial charge in [0.25, 0.3) is 0 Å². The summed E-state index contributed by atoms with van der Waals surface area (Å²) < 4.78 is 0. The molecule has 2 heteroatoms.